The topological polar surface area (TPSA) is 34.1 Å². The van der Waals surface area contributed by atoms with Crippen molar-refractivity contribution >= 4 is 10.9 Å². The summed E-state index contributed by atoms with van der Waals surface area (Å²) in [4.78, 5) is 4.36. The van der Waals surface area contributed by atoms with Gasteiger partial charge in [0.2, 0.25) is 0 Å². The fourth-order valence-corrected chi connectivity index (χ4v) is 2.29. The van der Waals surface area contributed by atoms with E-state index in [0.717, 1.165) is 31.7 Å². The normalized spacial score (nSPS) is 12.7. The molecule has 0 aliphatic rings. The summed E-state index contributed by atoms with van der Waals surface area (Å²) in [7, 11) is 0. The molecule has 102 valence electrons. The van der Waals surface area contributed by atoms with E-state index < -0.39 is 0 Å². The minimum Gasteiger partial charge on any atom is -0.382 e. The molecule has 1 atom stereocenters. The molecule has 0 amide bonds. The number of ether oxygens (including phenoxy) is 1. The Morgan fingerprint density at radius 1 is 1.26 bits per heavy atom. The SMILES string of the molecule is CCNC(CCOCC)c1ccc2ncccc2c1. The third kappa shape index (κ3) is 3.75. The Kier molecular flexibility index (Phi) is 5.31. The first kappa shape index (κ1) is 14.0. The fraction of sp³-hybridized carbons (Fsp3) is 0.438. The van der Waals surface area contributed by atoms with Gasteiger partial charge in [-0.1, -0.05) is 19.1 Å². The summed E-state index contributed by atoms with van der Waals surface area (Å²) < 4.78 is 5.47. The molecule has 0 bridgehead atoms. The number of pyridine rings is 1. The van der Waals surface area contributed by atoms with Crippen LogP contribution in [0, 0.1) is 0 Å². The summed E-state index contributed by atoms with van der Waals surface area (Å²) in [5.74, 6) is 0. The third-order valence-electron chi connectivity index (χ3n) is 3.23. The molecule has 1 aromatic carbocycles. The molecule has 0 fully saturated rings. The van der Waals surface area contributed by atoms with E-state index in [1.165, 1.54) is 10.9 Å². The lowest BCUT2D eigenvalue weighted by Crippen LogP contribution is -2.22. The van der Waals surface area contributed by atoms with Crippen LogP contribution in [0.2, 0.25) is 0 Å². The van der Waals surface area contributed by atoms with Crippen molar-refractivity contribution in [2.75, 3.05) is 19.8 Å². The maximum atomic E-state index is 5.47. The zero-order valence-electron chi connectivity index (χ0n) is 11.7. The zero-order valence-corrected chi connectivity index (χ0v) is 11.7. The molecule has 0 spiro atoms. The number of nitrogens with zero attached hydrogens (tertiary/aromatic N) is 1. The summed E-state index contributed by atoms with van der Waals surface area (Å²) >= 11 is 0. The predicted octanol–water partition coefficient (Wildman–Crippen LogP) is 3.31. The first-order valence-corrected chi connectivity index (χ1v) is 7.01. The van der Waals surface area contributed by atoms with Crippen LogP contribution in [0.5, 0.6) is 0 Å². The molecule has 1 heterocycles. The first-order valence-electron chi connectivity index (χ1n) is 7.01. The second-order valence-corrected chi connectivity index (χ2v) is 4.55. The lowest BCUT2D eigenvalue weighted by Gasteiger charge is -2.18. The minimum atomic E-state index is 0.348. The number of aromatic nitrogens is 1. The highest BCUT2D eigenvalue weighted by atomic mass is 16.5. The van der Waals surface area contributed by atoms with E-state index >= 15 is 0 Å². The Labute approximate surface area is 115 Å². The van der Waals surface area contributed by atoms with Gasteiger partial charge in [0.1, 0.15) is 0 Å². The molecule has 0 radical (unpaired) electrons. The van der Waals surface area contributed by atoms with Gasteiger partial charge in [0.25, 0.3) is 0 Å². The van der Waals surface area contributed by atoms with E-state index in [2.05, 4.69) is 41.5 Å². The van der Waals surface area contributed by atoms with E-state index in [0.29, 0.717) is 6.04 Å². The van der Waals surface area contributed by atoms with Gasteiger partial charge in [0.15, 0.2) is 0 Å². The van der Waals surface area contributed by atoms with Crippen LogP contribution < -0.4 is 5.32 Å². The maximum Gasteiger partial charge on any atom is 0.0702 e. The van der Waals surface area contributed by atoms with Crippen LogP contribution in [-0.4, -0.2) is 24.7 Å². The summed E-state index contributed by atoms with van der Waals surface area (Å²) in [5.41, 5.74) is 2.35. The van der Waals surface area contributed by atoms with E-state index in [-0.39, 0.29) is 0 Å². The summed E-state index contributed by atoms with van der Waals surface area (Å²) in [6.07, 6.45) is 2.83. The molecule has 0 aliphatic carbocycles. The molecule has 1 aromatic heterocycles. The number of rotatable bonds is 7. The van der Waals surface area contributed by atoms with Gasteiger partial charge in [-0.25, -0.2) is 0 Å². The highest BCUT2D eigenvalue weighted by Gasteiger charge is 2.10. The number of fused-ring (bicyclic) bond motifs is 1. The standard InChI is InChI=1S/C16H22N2O/c1-3-17-16(9-11-19-4-2)14-7-8-15-13(12-14)6-5-10-18-15/h5-8,10,12,16-17H,3-4,9,11H2,1-2H3. The molecule has 1 N–H and O–H groups in total. The fourth-order valence-electron chi connectivity index (χ4n) is 2.29. The van der Waals surface area contributed by atoms with Crippen molar-refractivity contribution in [1.29, 1.82) is 0 Å². The van der Waals surface area contributed by atoms with Crippen LogP contribution in [-0.2, 0) is 4.74 Å². The number of hydrogen-bond acceptors (Lipinski definition) is 3. The Morgan fingerprint density at radius 3 is 2.95 bits per heavy atom. The van der Waals surface area contributed by atoms with Gasteiger partial charge < -0.3 is 10.1 Å². The average Bonchev–Trinajstić information content (AvgIpc) is 2.46. The number of hydrogen-bond donors (Lipinski definition) is 1. The van der Waals surface area contributed by atoms with Crippen LogP contribution in [0.3, 0.4) is 0 Å². The van der Waals surface area contributed by atoms with Gasteiger partial charge in [-0.2, -0.15) is 0 Å². The van der Waals surface area contributed by atoms with Gasteiger partial charge in [-0.05, 0) is 43.7 Å². The molecule has 0 saturated heterocycles. The van der Waals surface area contributed by atoms with Crippen molar-refractivity contribution in [3.63, 3.8) is 0 Å². The molecule has 2 aromatic rings. The summed E-state index contributed by atoms with van der Waals surface area (Å²) in [6, 6.07) is 10.9. The maximum absolute atomic E-state index is 5.47. The number of nitrogens with one attached hydrogen (secondary N) is 1. The number of benzene rings is 1. The Morgan fingerprint density at radius 2 is 2.16 bits per heavy atom. The first-order chi connectivity index (χ1) is 9.35. The quantitative estimate of drug-likeness (QED) is 0.774. The van der Waals surface area contributed by atoms with Crippen molar-refractivity contribution in [3.8, 4) is 0 Å². The van der Waals surface area contributed by atoms with Crippen molar-refractivity contribution in [2.45, 2.75) is 26.3 Å². The van der Waals surface area contributed by atoms with E-state index in [1.54, 1.807) is 0 Å². The van der Waals surface area contributed by atoms with Gasteiger partial charge in [0, 0.05) is 30.8 Å². The molecule has 19 heavy (non-hydrogen) atoms. The van der Waals surface area contributed by atoms with Gasteiger partial charge in [-0.3, -0.25) is 4.98 Å². The second-order valence-electron chi connectivity index (χ2n) is 4.55. The van der Waals surface area contributed by atoms with Crippen molar-refractivity contribution in [2.24, 2.45) is 0 Å². The van der Waals surface area contributed by atoms with Gasteiger partial charge in [0.05, 0.1) is 5.52 Å². The Bertz CT molecular complexity index is 513. The average molecular weight is 258 g/mol. The second kappa shape index (κ2) is 7.22. The molecule has 1 unspecified atom stereocenters. The van der Waals surface area contributed by atoms with E-state index in [4.69, 9.17) is 4.74 Å². The lowest BCUT2D eigenvalue weighted by atomic mass is 10.0. The lowest BCUT2D eigenvalue weighted by molar-refractivity contribution is 0.136. The minimum absolute atomic E-state index is 0.348. The molecule has 0 aliphatic heterocycles. The van der Waals surface area contributed by atoms with Crippen molar-refractivity contribution in [3.05, 3.63) is 42.1 Å². The van der Waals surface area contributed by atoms with E-state index in [1.807, 2.05) is 19.2 Å². The van der Waals surface area contributed by atoms with Crippen LogP contribution in [0.1, 0.15) is 31.9 Å². The smallest absolute Gasteiger partial charge is 0.0702 e. The Balaban J connectivity index is 2.17. The van der Waals surface area contributed by atoms with Crippen LogP contribution in [0.4, 0.5) is 0 Å². The largest absolute Gasteiger partial charge is 0.382 e. The van der Waals surface area contributed by atoms with E-state index in [9.17, 15) is 0 Å². The van der Waals surface area contributed by atoms with Crippen LogP contribution >= 0.6 is 0 Å². The van der Waals surface area contributed by atoms with Gasteiger partial charge in [-0.15, -0.1) is 0 Å². The third-order valence-corrected chi connectivity index (χ3v) is 3.23. The molecular weight excluding hydrogens is 236 g/mol. The predicted molar refractivity (Wildman–Crippen MR) is 79.3 cm³/mol. The van der Waals surface area contributed by atoms with Gasteiger partial charge >= 0.3 is 0 Å². The van der Waals surface area contributed by atoms with Crippen molar-refractivity contribution < 1.29 is 4.74 Å². The van der Waals surface area contributed by atoms with Crippen molar-refractivity contribution in [1.82, 2.24) is 10.3 Å². The molecule has 2 rings (SSSR count). The summed E-state index contributed by atoms with van der Waals surface area (Å²) in [5, 5.41) is 4.72. The highest BCUT2D eigenvalue weighted by molar-refractivity contribution is 5.79. The Hall–Kier alpha value is -1.45. The zero-order chi connectivity index (χ0) is 13.5. The molecule has 3 heteroatoms. The monoisotopic (exact) mass is 258 g/mol. The molecule has 3 nitrogen and oxygen atoms in total. The summed E-state index contributed by atoms with van der Waals surface area (Å²) in [6.45, 7) is 6.70. The molecule has 0 saturated carbocycles. The highest BCUT2D eigenvalue weighted by Crippen LogP contribution is 2.21. The van der Waals surface area contributed by atoms with Crippen LogP contribution in [0.15, 0.2) is 36.5 Å². The molecular formula is C16H22N2O. The van der Waals surface area contributed by atoms with Crippen LogP contribution in [0.25, 0.3) is 10.9 Å².